The molecule has 0 fully saturated rings. The second kappa shape index (κ2) is 10.2. The van der Waals surface area contributed by atoms with Crippen molar-refractivity contribution >= 4 is 0 Å². The molecule has 0 bridgehead atoms. The predicted octanol–water partition coefficient (Wildman–Crippen LogP) is 4.17. The van der Waals surface area contributed by atoms with Gasteiger partial charge in [0.25, 0.3) is 0 Å². The van der Waals surface area contributed by atoms with Crippen LogP contribution >= 0.6 is 0 Å². The first-order valence-electron chi connectivity index (χ1n) is 12.3. The van der Waals surface area contributed by atoms with Crippen LogP contribution in [0.4, 0.5) is 0 Å². The van der Waals surface area contributed by atoms with Crippen LogP contribution < -0.4 is 5.69 Å². The summed E-state index contributed by atoms with van der Waals surface area (Å²) < 4.78 is 5.73. The Morgan fingerprint density at radius 1 is 1.00 bits per heavy atom. The highest BCUT2D eigenvalue weighted by Crippen LogP contribution is 2.26. The van der Waals surface area contributed by atoms with E-state index in [1.165, 1.54) is 0 Å². The number of rotatable bonds is 9. The zero-order valence-corrected chi connectivity index (χ0v) is 20.8. The molecular formula is C27H30N8O. The first kappa shape index (κ1) is 23.5. The van der Waals surface area contributed by atoms with Crippen molar-refractivity contribution in [3.05, 3.63) is 88.5 Å². The van der Waals surface area contributed by atoms with Crippen molar-refractivity contribution in [2.75, 3.05) is 0 Å². The van der Waals surface area contributed by atoms with E-state index in [1.54, 1.807) is 10.8 Å². The number of aryl methyl sites for hydroxylation is 3. The van der Waals surface area contributed by atoms with Gasteiger partial charge in [0, 0.05) is 43.1 Å². The standard InChI is InChI=1S/C27H30N8O/c1-4-6-7-23-18-35(26-19(5-2)13-15-33(26)3)27(36)34(23)17-22-16-28-14-12-24(22)20-8-10-21(11-9-20)25-29-31-32-30-25/h8-16,18H,4-7,17H2,1-3H3,(H,29,30,31,32). The summed E-state index contributed by atoms with van der Waals surface area (Å²) in [6.45, 7) is 4.74. The lowest BCUT2D eigenvalue weighted by molar-refractivity contribution is 0.669. The number of aromatic nitrogens is 8. The van der Waals surface area contributed by atoms with E-state index >= 15 is 0 Å². The normalized spacial score (nSPS) is 11.3. The Labute approximate surface area is 209 Å². The number of H-pyrrole nitrogens is 1. The van der Waals surface area contributed by atoms with Gasteiger partial charge in [-0.3, -0.25) is 14.1 Å². The van der Waals surface area contributed by atoms with Crippen molar-refractivity contribution < 1.29 is 0 Å². The molecule has 0 aliphatic heterocycles. The van der Waals surface area contributed by atoms with E-state index in [9.17, 15) is 4.79 Å². The number of imidazole rings is 1. The van der Waals surface area contributed by atoms with Gasteiger partial charge in [-0.05, 0) is 64.1 Å². The SMILES string of the molecule is CCCCc1cn(-c2c(CC)ccn2C)c(=O)n1Cc1cnccc1-c1ccc(-c2nnn[nH]2)cc1. The molecule has 5 aromatic rings. The summed E-state index contributed by atoms with van der Waals surface area (Å²) in [5, 5.41) is 14.1. The summed E-state index contributed by atoms with van der Waals surface area (Å²) in [6, 6.07) is 12.1. The molecule has 0 amide bonds. The van der Waals surface area contributed by atoms with Gasteiger partial charge in [-0.2, -0.15) is 0 Å². The summed E-state index contributed by atoms with van der Waals surface area (Å²) >= 11 is 0. The van der Waals surface area contributed by atoms with Crippen LogP contribution in [0, 0.1) is 0 Å². The minimum Gasteiger partial charge on any atom is -0.337 e. The van der Waals surface area contributed by atoms with Gasteiger partial charge in [-0.1, -0.05) is 44.5 Å². The molecule has 0 aliphatic rings. The minimum absolute atomic E-state index is 0.0272. The highest BCUT2D eigenvalue weighted by atomic mass is 16.1. The average molecular weight is 483 g/mol. The van der Waals surface area contributed by atoms with Gasteiger partial charge in [0.15, 0.2) is 5.82 Å². The van der Waals surface area contributed by atoms with E-state index in [0.717, 1.165) is 65.0 Å². The van der Waals surface area contributed by atoms with Crippen LogP contribution in [0.3, 0.4) is 0 Å². The fraction of sp³-hybridized carbons (Fsp3) is 0.296. The first-order chi connectivity index (χ1) is 17.6. The van der Waals surface area contributed by atoms with Crippen LogP contribution in [0.1, 0.15) is 43.5 Å². The third kappa shape index (κ3) is 4.39. The molecule has 4 heterocycles. The van der Waals surface area contributed by atoms with Crippen molar-refractivity contribution in [3.8, 4) is 28.3 Å². The quantitative estimate of drug-likeness (QED) is 0.340. The molecule has 0 aliphatic carbocycles. The highest BCUT2D eigenvalue weighted by Gasteiger charge is 2.18. The molecule has 1 aromatic carbocycles. The van der Waals surface area contributed by atoms with Crippen LogP contribution in [0.5, 0.6) is 0 Å². The van der Waals surface area contributed by atoms with Crippen LogP contribution in [0.2, 0.25) is 0 Å². The Hall–Kier alpha value is -4.27. The zero-order valence-electron chi connectivity index (χ0n) is 20.8. The molecule has 0 radical (unpaired) electrons. The number of hydrogen-bond acceptors (Lipinski definition) is 5. The lowest BCUT2D eigenvalue weighted by Crippen LogP contribution is -2.26. The number of aromatic amines is 1. The summed E-state index contributed by atoms with van der Waals surface area (Å²) in [5.74, 6) is 1.56. The molecule has 184 valence electrons. The Kier molecular flexibility index (Phi) is 6.62. The van der Waals surface area contributed by atoms with E-state index in [-0.39, 0.29) is 5.69 Å². The van der Waals surface area contributed by atoms with E-state index in [0.29, 0.717) is 12.4 Å². The molecule has 9 nitrogen and oxygen atoms in total. The van der Waals surface area contributed by atoms with Gasteiger partial charge < -0.3 is 4.57 Å². The monoisotopic (exact) mass is 482 g/mol. The lowest BCUT2D eigenvalue weighted by atomic mass is 10.00. The Morgan fingerprint density at radius 2 is 1.81 bits per heavy atom. The summed E-state index contributed by atoms with van der Waals surface area (Å²) in [5.41, 5.74) is 6.15. The zero-order chi connectivity index (χ0) is 25.1. The second-order valence-corrected chi connectivity index (χ2v) is 8.95. The van der Waals surface area contributed by atoms with Crippen molar-refractivity contribution in [1.82, 2.24) is 39.3 Å². The highest BCUT2D eigenvalue weighted by molar-refractivity contribution is 5.69. The molecule has 0 unspecified atom stereocenters. The topological polar surface area (TPSA) is 99.2 Å². The molecule has 0 spiro atoms. The number of benzene rings is 1. The first-order valence-corrected chi connectivity index (χ1v) is 12.3. The van der Waals surface area contributed by atoms with E-state index in [1.807, 2.05) is 65.1 Å². The van der Waals surface area contributed by atoms with Gasteiger partial charge in [-0.15, -0.1) is 5.10 Å². The minimum atomic E-state index is -0.0272. The van der Waals surface area contributed by atoms with Gasteiger partial charge in [-0.25, -0.2) is 9.89 Å². The fourth-order valence-corrected chi connectivity index (χ4v) is 4.67. The number of pyridine rings is 1. The van der Waals surface area contributed by atoms with E-state index in [2.05, 4.69) is 45.5 Å². The molecule has 0 atom stereocenters. The Bertz CT molecular complexity index is 1510. The van der Waals surface area contributed by atoms with Gasteiger partial charge >= 0.3 is 5.69 Å². The van der Waals surface area contributed by atoms with Gasteiger partial charge in [0.1, 0.15) is 5.82 Å². The van der Waals surface area contributed by atoms with E-state index < -0.39 is 0 Å². The molecule has 4 aromatic heterocycles. The fourth-order valence-electron chi connectivity index (χ4n) is 4.67. The number of unbranched alkanes of at least 4 members (excludes halogenated alkanes) is 1. The molecule has 9 heteroatoms. The molecule has 1 N–H and O–H groups in total. The van der Waals surface area contributed by atoms with Crippen LogP contribution in [0.15, 0.2) is 66.0 Å². The molecule has 36 heavy (non-hydrogen) atoms. The van der Waals surface area contributed by atoms with Crippen LogP contribution in [-0.2, 0) is 26.4 Å². The molecule has 0 saturated carbocycles. The lowest BCUT2D eigenvalue weighted by Gasteiger charge is -2.12. The average Bonchev–Trinajstić information content (AvgIpc) is 3.64. The molecule has 0 saturated heterocycles. The Balaban J connectivity index is 1.54. The van der Waals surface area contributed by atoms with Gasteiger partial charge in [0.05, 0.1) is 6.54 Å². The number of tetrazole rings is 1. The maximum absolute atomic E-state index is 13.8. The smallest absolute Gasteiger partial charge is 0.334 e. The number of nitrogens with zero attached hydrogens (tertiary/aromatic N) is 7. The predicted molar refractivity (Wildman–Crippen MR) is 139 cm³/mol. The molecular weight excluding hydrogens is 452 g/mol. The Morgan fingerprint density at radius 3 is 2.53 bits per heavy atom. The van der Waals surface area contributed by atoms with Crippen molar-refractivity contribution in [2.45, 2.75) is 46.1 Å². The largest absolute Gasteiger partial charge is 0.337 e. The number of nitrogens with one attached hydrogen (secondary N) is 1. The van der Waals surface area contributed by atoms with Crippen LogP contribution in [-0.4, -0.2) is 39.3 Å². The second-order valence-electron chi connectivity index (χ2n) is 8.95. The maximum atomic E-state index is 13.8. The maximum Gasteiger partial charge on any atom is 0.334 e. The van der Waals surface area contributed by atoms with E-state index in [4.69, 9.17) is 0 Å². The summed E-state index contributed by atoms with van der Waals surface area (Å²) in [6.07, 6.45) is 11.5. The summed E-state index contributed by atoms with van der Waals surface area (Å²) in [7, 11) is 1.99. The number of hydrogen-bond donors (Lipinski definition) is 1. The third-order valence-electron chi connectivity index (χ3n) is 6.62. The van der Waals surface area contributed by atoms with Gasteiger partial charge in [0.2, 0.25) is 0 Å². The third-order valence-corrected chi connectivity index (χ3v) is 6.62. The van der Waals surface area contributed by atoms with Crippen molar-refractivity contribution in [2.24, 2.45) is 7.05 Å². The molecule has 5 rings (SSSR count). The van der Waals surface area contributed by atoms with Crippen molar-refractivity contribution in [1.29, 1.82) is 0 Å². The van der Waals surface area contributed by atoms with Crippen molar-refractivity contribution in [3.63, 3.8) is 0 Å². The summed E-state index contributed by atoms with van der Waals surface area (Å²) in [4.78, 5) is 18.2. The van der Waals surface area contributed by atoms with Crippen LogP contribution in [0.25, 0.3) is 28.3 Å².